The van der Waals surface area contributed by atoms with Crippen LogP contribution in [0.5, 0.6) is 0 Å². The third-order valence-corrected chi connectivity index (χ3v) is 2.23. The fourth-order valence-corrected chi connectivity index (χ4v) is 1.04. The van der Waals surface area contributed by atoms with Crippen molar-refractivity contribution in [1.82, 2.24) is 10.2 Å². The van der Waals surface area contributed by atoms with Crippen LogP contribution in [-0.2, 0) is 11.4 Å². The minimum Gasteiger partial charge on any atom is -0.392 e. The van der Waals surface area contributed by atoms with E-state index < -0.39 is 5.41 Å². The lowest BCUT2D eigenvalue weighted by molar-refractivity contribution is -0.123. The zero-order valence-electron chi connectivity index (χ0n) is 9.41. The van der Waals surface area contributed by atoms with Crippen LogP contribution < -0.4 is 5.32 Å². The van der Waals surface area contributed by atoms with E-state index in [2.05, 4.69) is 15.5 Å². The average molecular weight is 244 g/mol. The van der Waals surface area contributed by atoms with Crippen LogP contribution in [0.1, 0.15) is 26.3 Å². The van der Waals surface area contributed by atoms with Gasteiger partial charge < -0.3 is 10.4 Å². The van der Waals surface area contributed by atoms with E-state index in [1.807, 2.05) is 0 Å². The largest absolute Gasteiger partial charge is 0.392 e. The zero-order chi connectivity index (χ0) is 12.3. The maximum atomic E-state index is 11.6. The Hall–Kier alpha value is -1.20. The van der Waals surface area contributed by atoms with Crippen molar-refractivity contribution >= 4 is 23.3 Å². The van der Waals surface area contributed by atoms with Crippen LogP contribution in [0.3, 0.4) is 0 Å². The van der Waals surface area contributed by atoms with E-state index in [0.717, 1.165) is 0 Å². The highest BCUT2D eigenvalue weighted by Crippen LogP contribution is 2.18. The fraction of sp³-hybridized carbons (Fsp3) is 0.500. The van der Waals surface area contributed by atoms with E-state index in [1.165, 1.54) is 6.07 Å². The van der Waals surface area contributed by atoms with Crippen LogP contribution >= 0.6 is 11.6 Å². The van der Waals surface area contributed by atoms with Crippen LogP contribution in [0, 0.1) is 5.41 Å². The van der Waals surface area contributed by atoms with Gasteiger partial charge in [0.05, 0.1) is 6.61 Å². The lowest BCUT2D eigenvalue weighted by atomic mass is 9.96. The van der Waals surface area contributed by atoms with E-state index in [-0.39, 0.29) is 23.5 Å². The summed E-state index contributed by atoms with van der Waals surface area (Å²) >= 11 is 5.68. The third-order valence-electron chi connectivity index (χ3n) is 1.91. The lowest BCUT2D eigenvalue weighted by Gasteiger charge is -2.17. The predicted molar refractivity (Wildman–Crippen MR) is 61.0 cm³/mol. The molecule has 0 aromatic carbocycles. The van der Waals surface area contributed by atoms with Crippen molar-refractivity contribution < 1.29 is 9.90 Å². The molecule has 0 saturated heterocycles. The summed E-state index contributed by atoms with van der Waals surface area (Å²) < 4.78 is 0. The first-order valence-corrected chi connectivity index (χ1v) is 5.17. The number of aliphatic hydroxyl groups excluding tert-OH is 1. The molecule has 1 rings (SSSR count). The SMILES string of the molecule is CC(C)(C)C(=O)Nc1cc(CO)c(Cl)nn1. The van der Waals surface area contributed by atoms with Gasteiger partial charge in [-0.1, -0.05) is 32.4 Å². The Morgan fingerprint density at radius 2 is 2.12 bits per heavy atom. The number of nitrogens with one attached hydrogen (secondary N) is 1. The Morgan fingerprint density at radius 3 is 2.62 bits per heavy atom. The summed E-state index contributed by atoms with van der Waals surface area (Å²) in [6.07, 6.45) is 0. The fourth-order valence-electron chi connectivity index (χ4n) is 0.891. The molecule has 0 aliphatic heterocycles. The molecule has 0 aliphatic rings. The molecule has 0 atom stereocenters. The highest BCUT2D eigenvalue weighted by Gasteiger charge is 2.21. The van der Waals surface area contributed by atoms with Gasteiger partial charge in [-0.3, -0.25) is 4.79 Å². The Bertz CT molecular complexity index is 402. The van der Waals surface area contributed by atoms with Crippen molar-refractivity contribution in [2.45, 2.75) is 27.4 Å². The van der Waals surface area contributed by atoms with Gasteiger partial charge in [0.1, 0.15) is 0 Å². The van der Waals surface area contributed by atoms with Crippen molar-refractivity contribution in [3.8, 4) is 0 Å². The Kier molecular flexibility index (Phi) is 3.83. The number of anilines is 1. The number of nitrogens with zero attached hydrogens (tertiary/aromatic N) is 2. The van der Waals surface area contributed by atoms with E-state index in [0.29, 0.717) is 5.56 Å². The molecule has 2 N–H and O–H groups in total. The van der Waals surface area contributed by atoms with Crippen LogP contribution in [0.2, 0.25) is 5.15 Å². The standard InChI is InChI=1S/C10H14ClN3O2/c1-10(2,3)9(16)12-7-4-6(5-15)8(11)14-13-7/h4,15H,5H2,1-3H3,(H,12,13,16). The van der Waals surface area contributed by atoms with Gasteiger partial charge in [0.15, 0.2) is 11.0 Å². The normalized spacial score (nSPS) is 11.3. The van der Waals surface area contributed by atoms with E-state index in [1.54, 1.807) is 20.8 Å². The molecule has 5 nitrogen and oxygen atoms in total. The number of halogens is 1. The molecule has 1 aromatic rings. The highest BCUT2D eigenvalue weighted by atomic mass is 35.5. The van der Waals surface area contributed by atoms with Gasteiger partial charge in [-0.05, 0) is 6.07 Å². The molecule has 6 heteroatoms. The van der Waals surface area contributed by atoms with Gasteiger partial charge >= 0.3 is 0 Å². The van der Waals surface area contributed by atoms with Crippen LogP contribution in [0.25, 0.3) is 0 Å². The maximum absolute atomic E-state index is 11.6. The number of hydrogen-bond acceptors (Lipinski definition) is 4. The Morgan fingerprint density at radius 1 is 1.50 bits per heavy atom. The van der Waals surface area contributed by atoms with Gasteiger partial charge in [-0.2, -0.15) is 0 Å². The molecule has 0 spiro atoms. The summed E-state index contributed by atoms with van der Waals surface area (Å²) in [7, 11) is 0. The second kappa shape index (κ2) is 4.76. The minimum absolute atomic E-state index is 0.135. The summed E-state index contributed by atoms with van der Waals surface area (Å²) in [5.41, 5.74) is -0.0818. The smallest absolute Gasteiger partial charge is 0.230 e. The number of amides is 1. The van der Waals surface area contributed by atoms with Gasteiger partial charge in [0, 0.05) is 11.0 Å². The topological polar surface area (TPSA) is 75.1 Å². The Labute approximate surface area is 98.8 Å². The molecule has 0 aliphatic carbocycles. The number of carbonyl (C=O) groups is 1. The van der Waals surface area contributed by atoms with E-state index >= 15 is 0 Å². The van der Waals surface area contributed by atoms with Crippen molar-refractivity contribution in [3.05, 3.63) is 16.8 Å². The summed E-state index contributed by atoms with van der Waals surface area (Å²) in [4.78, 5) is 11.6. The predicted octanol–water partition coefficient (Wildman–Crippen LogP) is 1.61. The van der Waals surface area contributed by atoms with Gasteiger partial charge in [-0.15, -0.1) is 10.2 Å². The van der Waals surface area contributed by atoms with Crippen molar-refractivity contribution in [1.29, 1.82) is 0 Å². The van der Waals surface area contributed by atoms with E-state index in [9.17, 15) is 4.79 Å². The molecular weight excluding hydrogens is 230 g/mol. The highest BCUT2D eigenvalue weighted by molar-refractivity contribution is 6.30. The third kappa shape index (κ3) is 3.15. The molecule has 1 amide bonds. The van der Waals surface area contributed by atoms with E-state index in [4.69, 9.17) is 16.7 Å². The second-order valence-electron chi connectivity index (χ2n) is 4.41. The Balaban J connectivity index is 2.87. The molecule has 0 radical (unpaired) electrons. The number of aromatic nitrogens is 2. The first kappa shape index (κ1) is 12.9. The number of hydrogen-bond donors (Lipinski definition) is 2. The quantitative estimate of drug-likeness (QED) is 0.828. The van der Waals surface area contributed by atoms with Gasteiger partial charge in [-0.25, -0.2) is 0 Å². The summed E-state index contributed by atoms with van der Waals surface area (Å²) in [5.74, 6) is 0.112. The van der Waals surface area contributed by atoms with Crippen LogP contribution in [0.4, 0.5) is 5.82 Å². The van der Waals surface area contributed by atoms with Gasteiger partial charge in [0.25, 0.3) is 0 Å². The molecule has 1 aromatic heterocycles. The summed E-state index contributed by atoms with van der Waals surface area (Å²) in [6, 6.07) is 1.50. The maximum Gasteiger partial charge on any atom is 0.230 e. The number of aliphatic hydroxyl groups is 1. The monoisotopic (exact) mass is 243 g/mol. The number of carbonyl (C=O) groups excluding carboxylic acids is 1. The molecular formula is C10H14ClN3O2. The zero-order valence-corrected chi connectivity index (χ0v) is 10.2. The molecule has 0 unspecified atom stereocenters. The molecule has 0 fully saturated rings. The van der Waals surface area contributed by atoms with Crippen molar-refractivity contribution in [2.75, 3.05) is 5.32 Å². The molecule has 88 valence electrons. The van der Waals surface area contributed by atoms with Crippen molar-refractivity contribution in [2.24, 2.45) is 5.41 Å². The first-order valence-electron chi connectivity index (χ1n) is 4.79. The lowest BCUT2D eigenvalue weighted by Crippen LogP contribution is -2.28. The summed E-state index contributed by atoms with van der Waals surface area (Å²) in [6.45, 7) is 5.13. The summed E-state index contributed by atoms with van der Waals surface area (Å²) in [5, 5.41) is 19.0. The average Bonchev–Trinajstić information content (AvgIpc) is 2.19. The minimum atomic E-state index is -0.513. The molecule has 0 bridgehead atoms. The molecule has 0 saturated carbocycles. The number of rotatable bonds is 2. The van der Waals surface area contributed by atoms with Crippen LogP contribution in [-0.4, -0.2) is 21.2 Å². The van der Waals surface area contributed by atoms with Crippen molar-refractivity contribution in [3.63, 3.8) is 0 Å². The van der Waals surface area contributed by atoms with Gasteiger partial charge in [0.2, 0.25) is 5.91 Å². The first-order chi connectivity index (χ1) is 7.34. The second-order valence-corrected chi connectivity index (χ2v) is 4.77. The van der Waals surface area contributed by atoms with Crippen LogP contribution in [0.15, 0.2) is 6.07 Å². The molecule has 1 heterocycles. The molecule has 16 heavy (non-hydrogen) atoms.